The summed E-state index contributed by atoms with van der Waals surface area (Å²) in [6.07, 6.45) is 4.46. The Bertz CT molecular complexity index is 988. The molecule has 3 heterocycles. The van der Waals surface area contributed by atoms with Crippen LogP contribution in [-0.4, -0.2) is 30.6 Å². The number of carbonyl (C=O) groups excluding carboxylic acids is 1. The monoisotopic (exact) mass is 346 g/mol. The molecule has 0 fully saturated rings. The van der Waals surface area contributed by atoms with Crippen molar-refractivity contribution in [2.24, 2.45) is 0 Å². The molecular weight excluding hydrogens is 328 g/mol. The Kier molecular flexibility index (Phi) is 4.42. The zero-order valence-electron chi connectivity index (χ0n) is 14.1. The van der Waals surface area contributed by atoms with Crippen molar-refractivity contribution >= 4 is 22.8 Å². The van der Waals surface area contributed by atoms with Crippen molar-refractivity contribution in [3.05, 3.63) is 72.4 Å². The number of imidazole rings is 1. The van der Waals surface area contributed by atoms with Crippen molar-refractivity contribution in [1.29, 1.82) is 0 Å². The van der Waals surface area contributed by atoms with Gasteiger partial charge < -0.3 is 10.3 Å². The fraction of sp³-hybridized carbons (Fsp3) is 0.158. The van der Waals surface area contributed by atoms with E-state index in [1.54, 1.807) is 16.9 Å². The van der Waals surface area contributed by atoms with Crippen molar-refractivity contribution in [3.63, 3.8) is 0 Å². The first-order valence-corrected chi connectivity index (χ1v) is 8.43. The van der Waals surface area contributed by atoms with E-state index in [1.165, 1.54) is 0 Å². The van der Waals surface area contributed by atoms with Gasteiger partial charge in [0, 0.05) is 31.3 Å². The predicted octanol–water partition coefficient (Wildman–Crippen LogP) is 2.77. The van der Waals surface area contributed by atoms with Crippen LogP contribution in [0.2, 0.25) is 0 Å². The zero-order valence-corrected chi connectivity index (χ0v) is 14.1. The van der Waals surface area contributed by atoms with Crippen LogP contribution in [-0.2, 0) is 17.8 Å². The maximum atomic E-state index is 12.2. The van der Waals surface area contributed by atoms with Crippen molar-refractivity contribution in [2.45, 2.75) is 19.4 Å². The predicted molar refractivity (Wildman–Crippen MR) is 98.6 cm³/mol. The number of pyridine rings is 1. The van der Waals surface area contributed by atoms with Gasteiger partial charge in [0.2, 0.25) is 5.91 Å². The van der Waals surface area contributed by atoms with Crippen LogP contribution >= 0.6 is 0 Å². The number of nitrogens with one attached hydrogen (secondary N) is 2. The van der Waals surface area contributed by atoms with E-state index in [0.29, 0.717) is 25.2 Å². The lowest BCUT2D eigenvalue weighted by Gasteiger charge is -2.02. The van der Waals surface area contributed by atoms with Crippen molar-refractivity contribution in [2.75, 3.05) is 5.32 Å². The Balaban J connectivity index is 1.32. The third kappa shape index (κ3) is 3.77. The minimum atomic E-state index is -0.0893. The molecule has 0 spiro atoms. The van der Waals surface area contributed by atoms with E-state index in [1.807, 2.05) is 48.7 Å². The third-order valence-corrected chi connectivity index (χ3v) is 3.99. The lowest BCUT2D eigenvalue weighted by atomic mass is 10.3. The molecule has 0 aliphatic heterocycles. The van der Waals surface area contributed by atoms with Crippen LogP contribution in [0.15, 0.2) is 60.9 Å². The highest BCUT2D eigenvalue weighted by Crippen LogP contribution is 2.12. The summed E-state index contributed by atoms with van der Waals surface area (Å²) in [7, 11) is 0. The molecule has 4 rings (SSSR count). The summed E-state index contributed by atoms with van der Waals surface area (Å²) in [6.45, 7) is 0.565. The number of anilines is 1. The molecule has 0 radical (unpaired) electrons. The molecule has 26 heavy (non-hydrogen) atoms. The summed E-state index contributed by atoms with van der Waals surface area (Å²) in [5.74, 6) is 1.26. The van der Waals surface area contributed by atoms with E-state index in [4.69, 9.17) is 0 Å². The fourth-order valence-corrected chi connectivity index (χ4v) is 2.74. The molecule has 130 valence electrons. The summed E-state index contributed by atoms with van der Waals surface area (Å²) in [5, 5.41) is 7.18. The molecule has 1 aromatic carbocycles. The molecule has 0 atom stereocenters. The molecule has 0 saturated heterocycles. The zero-order chi connectivity index (χ0) is 17.8. The Morgan fingerprint density at radius 3 is 2.85 bits per heavy atom. The topological polar surface area (TPSA) is 88.5 Å². The van der Waals surface area contributed by atoms with Gasteiger partial charge in [-0.2, -0.15) is 5.10 Å². The van der Waals surface area contributed by atoms with Gasteiger partial charge in [0.25, 0.3) is 0 Å². The quantitative estimate of drug-likeness (QED) is 0.562. The molecule has 2 N–H and O–H groups in total. The molecule has 0 unspecified atom stereocenters. The van der Waals surface area contributed by atoms with E-state index in [0.717, 1.165) is 22.6 Å². The summed E-state index contributed by atoms with van der Waals surface area (Å²) < 4.78 is 1.75. The normalized spacial score (nSPS) is 10.9. The lowest BCUT2D eigenvalue weighted by Crippen LogP contribution is -2.13. The summed E-state index contributed by atoms with van der Waals surface area (Å²) in [4.78, 5) is 24.1. The van der Waals surface area contributed by atoms with Crippen LogP contribution < -0.4 is 5.32 Å². The van der Waals surface area contributed by atoms with Gasteiger partial charge in [-0.1, -0.05) is 18.2 Å². The number of benzene rings is 1. The maximum Gasteiger partial charge on any atom is 0.226 e. The Morgan fingerprint density at radius 2 is 2.00 bits per heavy atom. The van der Waals surface area contributed by atoms with Gasteiger partial charge in [-0.25, -0.2) is 4.98 Å². The first-order chi connectivity index (χ1) is 12.8. The standard InChI is InChI=1S/C19H18N6O/c26-19(9-8-17-21-15-6-1-2-7-16(15)22-17)23-18-10-12-25(24-18)13-14-5-3-4-11-20-14/h1-7,10-12H,8-9,13H2,(H,21,22)(H,23,24,26). The van der Waals surface area contributed by atoms with Crippen LogP contribution in [0, 0.1) is 0 Å². The minimum absolute atomic E-state index is 0.0893. The Morgan fingerprint density at radius 1 is 1.12 bits per heavy atom. The van der Waals surface area contributed by atoms with Crippen LogP contribution in [0.5, 0.6) is 0 Å². The number of amides is 1. The van der Waals surface area contributed by atoms with E-state index in [2.05, 4.69) is 25.4 Å². The van der Waals surface area contributed by atoms with Crippen LogP contribution in [0.4, 0.5) is 5.82 Å². The number of carbonyl (C=O) groups is 1. The number of aromatic amines is 1. The number of rotatable bonds is 6. The first kappa shape index (κ1) is 16.0. The van der Waals surface area contributed by atoms with Gasteiger partial charge in [-0.15, -0.1) is 0 Å². The van der Waals surface area contributed by atoms with Crippen LogP contribution in [0.3, 0.4) is 0 Å². The summed E-state index contributed by atoms with van der Waals surface area (Å²) in [6, 6.07) is 15.4. The van der Waals surface area contributed by atoms with Crippen LogP contribution in [0.1, 0.15) is 17.9 Å². The van der Waals surface area contributed by atoms with E-state index in [-0.39, 0.29) is 5.91 Å². The number of hydrogen-bond acceptors (Lipinski definition) is 4. The van der Waals surface area contributed by atoms with E-state index < -0.39 is 0 Å². The maximum absolute atomic E-state index is 12.2. The summed E-state index contributed by atoms with van der Waals surface area (Å²) in [5.41, 5.74) is 2.81. The molecule has 0 saturated carbocycles. The van der Waals surface area contributed by atoms with Gasteiger partial charge in [0.15, 0.2) is 5.82 Å². The van der Waals surface area contributed by atoms with Gasteiger partial charge >= 0.3 is 0 Å². The minimum Gasteiger partial charge on any atom is -0.342 e. The molecule has 4 aromatic rings. The lowest BCUT2D eigenvalue weighted by molar-refractivity contribution is -0.116. The van der Waals surface area contributed by atoms with Crippen molar-refractivity contribution in [3.8, 4) is 0 Å². The number of hydrogen-bond donors (Lipinski definition) is 2. The third-order valence-electron chi connectivity index (χ3n) is 3.99. The fourth-order valence-electron chi connectivity index (χ4n) is 2.74. The second-order valence-electron chi connectivity index (χ2n) is 5.97. The van der Waals surface area contributed by atoms with Gasteiger partial charge in [0.1, 0.15) is 5.82 Å². The van der Waals surface area contributed by atoms with Crippen molar-refractivity contribution in [1.82, 2.24) is 24.7 Å². The Hall–Kier alpha value is -3.48. The smallest absolute Gasteiger partial charge is 0.226 e. The summed E-state index contributed by atoms with van der Waals surface area (Å²) >= 11 is 0. The average Bonchev–Trinajstić information content (AvgIpc) is 3.27. The number of H-pyrrole nitrogens is 1. The van der Waals surface area contributed by atoms with Gasteiger partial charge in [-0.3, -0.25) is 14.5 Å². The Labute approximate surface area is 150 Å². The highest BCUT2D eigenvalue weighted by Gasteiger charge is 2.08. The van der Waals surface area contributed by atoms with Gasteiger partial charge in [0.05, 0.1) is 23.3 Å². The second kappa shape index (κ2) is 7.18. The highest BCUT2D eigenvalue weighted by molar-refractivity contribution is 5.89. The van der Waals surface area contributed by atoms with E-state index >= 15 is 0 Å². The molecule has 7 nitrogen and oxygen atoms in total. The molecule has 0 aliphatic carbocycles. The molecule has 3 aromatic heterocycles. The van der Waals surface area contributed by atoms with Crippen LogP contribution in [0.25, 0.3) is 11.0 Å². The largest absolute Gasteiger partial charge is 0.342 e. The number of para-hydroxylation sites is 2. The molecule has 0 bridgehead atoms. The average molecular weight is 346 g/mol. The number of aromatic nitrogens is 5. The van der Waals surface area contributed by atoms with Crippen molar-refractivity contribution < 1.29 is 4.79 Å². The SMILES string of the molecule is O=C(CCc1nc2ccccc2[nH]1)Nc1ccn(Cc2ccccn2)n1. The number of fused-ring (bicyclic) bond motifs is 1. The van der Waals surface area contributed by atoms with E-state index in [9.17, 15) is 4.79 Å². The molecular formula is C19H18N6O. The molecule has 1 amide bonds. The highest BCUT2D eigenvalue weighted by atomic mass is 16.1. The number of aryl methyl sites for hydroxylation is 1. The molecule has 7 heteroatoms. The van der Waals surface area contributed by atoms with Gasteiger partial charge in [-0.05, 0) is 24.3 Å². The number of nitrogens with zero attached hydrogens (tertiary/aromatic N) is 4. The second-order valence-corrected chi connectivity index (χ2v) is 5.97. The molecule has 0 aliphatic rings. The first-order valence-electron chi connectivity index (χ1n) is 8.43.